The van der Waals surface area contributed by atoms with Gasteiger partial charge in [-0.15, -0.1) is 0 Å². The summed E-state index contributed by atoms with van der Waals surface area (Å²) < 4.78 is 4.16. The van der Waals surface area contributed by atoms with Crippen molar-refractivity contribution >= 4 is 51.8 Å². The van der Waals surface area contributed by atoms with Crippen molar-refractivity contribution in [2.75, 3.05) is 21.3 Å². The Balaban J connectivity index is 0.000000168. The van der Waals surface area contributed by atoms with E-state index < -0.39 is 0 Å². The second kappa shape index (κ2) is 26.8. The van der Waals surface area contributed by atoms with Gasteiger partial charge in [0.1, 0.15) is 0 Å². The van der Waals surface area contributed by atoms with E-state index in [4.69, 9.17) is 37.1 Å². The van der Waals surface area contributed by atoms with Crippen LogP contribution in [0.25, 0.3) is 44.6 Å². The summed E-state index contributed by atoms with van der Waals surface area (Å²) in [4.78, 5) is 48.4. The van der Waals surface area contributed by atoms with E-state index in [-0.39, 0.29) is 30.1 Å². The van der Waals surface area contributed by atoms with Crippen molar-refractivity contribution in [1.82, 2.24) is 54.3 Å². The van der Waals surface area contributed by atoms with Crippen LogP contribution in [0.4, 0.5) is 23.5 Å². The van der Waals surface area contributed by atoms with Crippen molar-refractivity contribution in [3.05, 3.63) is 121 Å². The number of rotatable bonds is 15. The summed E-state index contributed by atoms with van der Waals surface area (Å²) >= 11 is 0. The molecule has 8 aromatic rings. The smallest absolute Gasteiger partial charge is 0.227 e. The fourth-order valence-electron chi connectivity index (χ4n) is 10.5. The fourth-order valence-corrected chi connectivity index (χ4v) is 10.5. The fraction of sp³-hybridized carbons (Fsp3) is 0.450. The van der Waals surface area contributed by atoms with Crippen molar-refractivity contribution in [1.29, 1.82) is 0 Å². The van der Waals surface area contributed by atoms with Crippen LogP contribution in [-0.4, -0.2) is 91.2 Å². The molecule has 3 saturated carbocycles. The van der Waals surface area contributed by atoms with Gasteiger partial charge in [-0.05, 0) is 150 Å². The zero-order chi connectivity index (χ0) is 55.3. The summed E-state index contributed by atoms with van der Waals surface area (Å²) in [5.41, 5.74) is 27.4. The van der Waals surface area contributed by atoms with E-state index in [9.17, 15) is 4.79 Å². The van der Waals surface area contributed by atoms with E-state index in [2.05, 4.69) is 144 Å². The molecule has 6 heterocycles. The average molecular weight is 1070 g/mol. The molecule has 0 radical (unpaired) electrons. The number of hydrogen-bond acceptors (Lipinski definition) is 16. The second-order valence-corrected chi connectivity index (χ2v) is 22.0. The number of pyridine rings is 2. The van der Waals surface area contributed by atoms with Crippen LogP contribution in [0.3, 0.4) is 0 Å². The highest BCUT2D eigenvalue weighted by Gasteiger charge is 2.25. The molecule has 79 heavy (non-hydrogen) atoms. The molecule has 0 atom stereocenters. The first kappa shape index (κ1) is 56.1. The molecule has 0 aliphatic heterocycles. The third-order valence-corrected chi connectivity index (χ3v) is 15.2. The molecule has 2 aromatic carbocycles. The molecule has 19 heteroatoms. The normalized spacial score (nSPS) is 20.2. The highest BCUT2D eigenvalue weighted by atomic mass is 16.1. The van der Waals surface area contributed by atoms with Crippen molar-refractivity contribution in [2.45, 2.75) is 173 Å². The van der Waals surface area contributed by atoms with Crippen LogP contribution in [0.1, 0.15) is 135 Å². The highest BCUT2D eigenvalue weighted by molar-refractivity contribution is 5.85. The molecular formula is C60H80N18O. The van der Waals surface area contributed by atoms with Crippen LogP contribution >= 0.6 is 0 Å². The van der Waals surface area contributed by atoms with Crippen molar-refractivity contribution < 1.29 is 4.79 Å². The molecule has 11 N–H and O–H groups in total. The number of carbonyl (C=O) groups excluding carboxylic acids is 1. The third-order valence-electron chi connectivity index (χ3n) is 15.2. The zero-order valence-electron chi connectivity index (χ0n) is 46.5. The Morgan fingerprint density at radius 2 is 0.899 bits per heavy atom. The van der Waals surface area contributed by atoms with Crippen molar-refractivity contribution in [2.24, 2.45) is 17.2 Å². The van der Waals surface area contributed by atoms with Crippen molar-refractivity contribution in [3.63, 3.8) is 0 Å². The predicted octanol–water partition coefficient (Wildman–Crippen LogP) is 9.92. The molecule has 0 saturated heterocycles. The number of aromatic nitrogens is 10. The molecule has 3 aliphatic carbocycles. The summed E-state index contributed by atoms with van der Waals surface area (Å²) in [5.74, 6) is 2.75. The molecule has 3 fully saturated rings. The van der Waals surface area contributed by atoms with Crippen LogP contribution < -0.4 is 43.8 Å². The highest BCUT2D eigenvalue weighted by Crippen LogP contribution is 2.30. The first-order chi connectivity index (χ1) is 38.3. The predicted molar refractivity (Wildman–Crippen MR) is 317 cm³/mol. The van der Waals surface area contributed by atoms with Crippen LogP contribution in [0.5, 0.6) is 0 Å². The molecule has 1 amide bonds. The zero-order valence-corrected chi connectivity index (χ0v) is 46.5. The Hall–Kier alpha value is -7.61. The Morgan fingerprint density at radius 3 is 1.27 bits per heavy atom. The third kappa shape index (κ3) is 15.4. The number of carbonyl (C=O) groups is 1. The van der Waals surface area contributed by atoms with E-state index in [1.807, 2.05) is 37.2 Å². The van der Waals surface area contributed by atoms with E-state index in [1.165, 1.54) is 5.56 Å². The molecule has 0 bridgehead atoms. The van der Waals surface area contributed by atoms with Gasteiger partial charge in [0.05, 0.1) is 12.7 Å². The average Bonchev–Trinajstić information content (AvgIpc) is 4.26. The van der Waals surface area contributed by atoms with Gasteiger partial charge in [-0.1, -0.05) is 60.7 Å². The van der Waals surface area contributed by atoms with E-state index in [0.717, 1.165) is 139 Å². The minimum Gasteiger partial charge on any atom is -0.364 e. The van der Waals surface area contributed by atoms with Gasteiger partial charge in [0.2, 0.25) is 17.8 Å². The van der Waals surface area contributed by atoms with E-state index in [0.29, 0.717) is 49.2 Å². The summed E-state index contributed by atoms with van der Waals surface area (Å²) in [6.45, 7) is 11.4. The molecule has 416 valence electrons. The number of nitrogens with zero attached hydrogens (tertiary/aromatic N) is 10. The summed E-state index contributed by atoms with van der Waals surface area (Å²) in [7, 11) is 0. The lowest BCUT2D eigenvalue weighted by Gasteiger charge is -2.29. The van der Waals surface area contributed by atoms with E-state index in [1.54, 1.807) is 19.3 Å². The van der Waals surface area contributed by atoms with Gasteiger partial charge >= 0.3 is 0 Å². The number of anilines is 4. The van der Waals surface area contributed by atoms with Gasteiger partial charge in [0, 0.05) is 93.1 Å². The Morgan fingerprint density at radius 1 is 0.519 bits per heavy atom. The number of hydrogen-bond donors (Lipinski definition) is 8. The molecule has 11 rings (SSSR count). The Bertz CT molecular complexity index is 3150. The largest absolute Gasteiger partial charge is 0.364 e. The van der Waals surface area contributed by atoms with Gasteiger partial charge in [-0.25, -0.2) is 9.97 Å². The number of imidazole rings is 2. The first-order valence-corrected chi connectivity index (χ1v) is 28.3. The lowest BCUT2D eigenvalue weighted by Crippen LogP contribution is -2.39. The Labute approximate surface area is 464 Å². The molecule has 0 unspecified atom stereocenters. The quantitative estimate of drug-likeness (QED) is 0.0474. The summed E-state index contributed by atoms with van der Waals surface area (Å²) in [5, 5.41) is 17.1. The van der Waals surface area contributed by atoms with Crippen LogP contribution in [0.2, 0.25) is 0 Å². The topological polar surface area (TPSA) is 268 Å². The molecule has 19 nitrogen and oxygen atoms in total. The Kier molecular flexibility index (Phi) is 19.1. The minimum absolute atomic E-state index is 0.0366. The molecule has 6 aromatic heterocycles. The van der Waals surface area contributed by atoms with Crippen LogP contribution in [-0.2, 0) is 17.9 Å². The monoisotopic (exact) mass is 1070 g/mol. The standard InChI is InChI=1S/C28H34N8O.C26H32N8.C6H14N2/c1-18(2)36-17-31-25-26(30-15-20-6-8-21(9-7-20)22-5-4-14-29-16-22)34-28(35-27(25)36)33-24-12-10-23(11-13-24)32-19(3)37;1-17(2)34-16-30-23-24(32-26(33-25(23)34)31-22-11-9-21(27)10-12-22)29-14-18-5-7-19(8-6-18)20-4-3-13-28-15-20;7-5-1-2-6(8)4-3-5/h4-9,14,16-18,23-24H,10-13,15H2,1-3H3,(H,32,37)(H2,30,33,34,35);3-8,13,15-17,21-22H,9-12,14,27H2,1-2H3,(H2,29,31,32,33);5-6H,1-4,7-8H2. The molecular weight excluding hydrogens is 989 g/mol. The van der Waals surface area contributed by atoms with Crippen LogP contribution in [0, 0.1) is 0 Å². The van der Waals surface area contributed by atoms with E-state index >= 15 is 0 Å². The van der Waals surface area contributed by atoms with Crippen LogP contribution in [0.15, 0.2) is 110 Å². The summed E-state index contributed by atoms with van der Waals surface area (Å²) in [6.07, 6.45) is 23.5. The number of nitrogens with two attached hydrogens (primary N) is 3. The van der Waals surface area contributed by atoms with Gasteiger partial charge in [0.15, 0.2) is 34.0 Å². The summed E-state index contributed by atoms with van der Waals surface area (Å²) in [6, 6.07) is 27.5. The van der Waals surface area contributed by atoms with Gasteiger partial charge in [0.25, 0.3) is 0 Å². The number of benzene rings is 2. The maximum absolute atomic E-state index is 11.4. The second-order valence-electron chi connectivity index (χ2n) is 22.0. The minimum atomic E-state index is 0.0366. The number of nitrogens with one attached hydrogen (secondary N) is 5. The SMILES string of the molecule is CC(=O)NC1CCC(Nc2nc(NCc3ccc(-c4cccnc4)cc3)c3ncn(C(C)C)c3n2)CC1.CC(C)n1cnc2c(NCc3ccc(-c4cccnc4)cc3)nc(NC3CCC(N)CC3)nc21.NC1CCC(N)CC1. The maximum atomic E-state index is 11.4. The number of amides is 1. The van der Waals surface area contributed by atoms with Gasteiger partial charge < -0.3 is 52.9 Å². The number of fused-ring (bicyclic) bond motifs is 2. The lowest BCUT2D eigenvalue weighted by atomic mass is 9.91. The van der Waals surface area contributed by atoms with Gasteiger partial charge in [-0.3, -0.25) is 14.8 Å². The molecule has 0 spiro atoms. The van der Waals surface area contributed by atoms with Crippen molar-refractivity contribution in [3.8, 4) is 22.3 Å². The lowest BCUT2D eigenvalue weighted by molar-refractivity contribution is -0.119. The molecule has 3 aliphatic rings. The van der Waals surface area contributed by atoms with Gasteiger partial charge in [-0.2, -0.15) is 19.9 Å². The first-order valence-electron chi connectivity index (χ1n) is 28.3. The maximum Gasteiger partial charge on any atom is 0.227 e.